The molecule has 44 heavy (non-hydrogen) atoms. The number of hydrogen-bond donors (Lipinski definition) is 3. The zero-order chi connectivity index (χ0) is 30.7. The quantitative estimate of drug-likeness (QED) is 0.283. The van der Waals surface area contributed by atoms with Crippen molar-refractivity contribution < 1.29 is 28.6 Å². The highest BCUT2D eigenvalue weighted by Crippen LogP contribution is 2.42. The summed E-state index contributed by atoms with van der Waals surface area (Å²) >= 11 is 0. The highest BCUT2D eigenvalue weighted by molar-refractivity contribution is 5.99. The van der Waals surface area contributed by atoms with Crippen LogP contribution in [0.3, 0.4) is 0 Å². The number of carbonyl (C=O) groups excluding carboxylic acids is 3. The summed E-state index contributed by atoms with van der Waals surface area (Å²) in [5.41, 5.74) is 4.06. The molecule has 2 fully saturated rings. The molecule has 3 N–H and O–H groups in total. The number of aromatic amines is 1. The van der Waals surface area contributed by atoms with E-state index in [1.54, 1.807) is 17.9 Å². The number of piperazine rings is 1. The summed E-state index contributed by atoms with van der Waals surface area (Å²) < 4.78 is 21.4. The minimum absolute atomic E-state index is 0.0624. The molecule has 3 aromatic rings. The minimum Gasteiger partial charge on any atom is -0.361 e. The van der Waals surface area contributed by atoms with Gasteiger partial charge in [-0.3, -0.25) is 24.2 Å². The average Bonchev–Trinajstić information content (AvgIpc) is 3.67. The fourth-order valence-corrected chi connectivity index (χ4v) is 7.69. The number of fused-ring (bicyclic) bond motifs is 3. The fourth-order valence-electron chi connectivity index (χ4n) is 7.69. The first-order valence-corrected chi connectivity index (χ1v) is 15.2. The van der Waals surface area contributed by atoms with Gasteiger partial charge in [-0.05, 0) is 62.1 Å². The van der Waals surface area contributed by atoms with Crippen molar-refractivity contribution in [1.82, 2.24) is 25.0 Å². The van der Waals surface area contributed by atoms with E-state index >= 15 is 4.39 Å². The molecule has 2 aromatic carbocycles. The summed E-state index contributed by atoms with van der Waals surface area (Å²) in [4.78, 5) is 47.6. The molecular weight excluding hydrogens is 565 g/mol. The van der Waals surface area contributed by atoms with Crippen LogP contribution in [0.2, 0.25) is 0 Å². The minimum atomic E-state index is -2.14. The van der Waals surface area contributed by atoms with E-state index in [1.807, 2.05) is 49.7 Å². The maximum absolute atomic E-state index is 15.2. The van der Waals surface area contributed by atoms with E-state index < -0.39 is 30.1 Å². The zero-order valence-corrected chi connectivity index (χ0v) is 24.7. The number of halogens is 1. The topological polar surface area (TPSA) is 118 Å². The first-order chi connectivity index (χ1) is 21.2. The first-order valence-electron chi connectivity index (χ1n) is 15.2. The number of likely N-dealkylation sites (N-methyl/N-ethyl adjacent to an activating group) is 1. The molecule has 230 valence electrons. The van der Waals surface area contributed by atoms with Gasteiger partial charge in [-0.15, -0.1) is 0 Å². The number of nitrogens with one attached hydrogen (secondary N) is 2. The third-order valence-electron chi connectivity index (χ3n) is 9.71. The number of hydrogen-bond acceptors (Lipinski definition) is 6. The number of H-pyrrole nitrogens is 1. The largest absolute Gasteiger partial charge is 0.361 e. The molecule has 1 aliphatic carbocycles. The van der Waals surface area contributed by atoms with Crippen LogP contribution in [-0.2, 0) is 32.0 Å². The maximum Gasteiger partial charge on any atom is 0.275 e. The molecule has 7 rings (SSSR count). The van der Waals surface area contributed by atoms with Crippen LogP contribution < -0.4 is 5.32 Å². The number of benzene rings is 2. The first kappa shape index (κ1) is 28.7. The van der Waals surface area contributed by atoms with E-state index in [9.17, 15) is 19.5 Å². The second-order valence-electron chi connectivity index (χ2n) is 12.4. The standard InChI is InChI=1S/C33H36FN5O5/c1-19(44-33(43)28-9-6-12-38(28)32(42)27(39(33)18-40)13-20-7-4-3-5-8-20)36-31(41)22-14-23-26(37(2)17-22)15-21-16-35-25-11-10-24(34)30(23)29(21)25/h3-5,7-8,10-11,14,16,18-19,22,26-28,35,43H,6,9,12-13,15,17H2,1-2H3,(H,36,41). The van der Waals surface area contributed by atoms with Gasteiger partial charge in [0, 0.05) is 48.2 Å². The predicted octanol–water partition coefficient (Wildman–Crippen LogP) is 2.38. The summed E-state index contributed by atoms with van der Waals surface area (Å²) in [6.07, 6.45) is 5.26. The van der Waals surface area contributed by atoms with Gasteiger partial charge in [0.1, 0.15) is 24.1 Å². The van der Waals surface area contributed by atoms with Gasteiger partial charge in [0.2, 0.25) is 18.2 Å². The Hall–Kier alpha value is -4.06. The lowest BCUT2D eigenvalue weighted by Crippen LogP contribution is -2.74. The van der Waals surface area contributed by atoms with E-state index in [2.05, 4.69) is 15.2 Å². The van der Waals surface area contributed by atoms with Crippen molar-refractivity contribution in [1.29, 1.82) is 0 Å². The van der Waals surface area contributed by atoms with Crippen molar-refractivity contribution in [2.24, 2.45) is 5.92 Å². The van der Waals surface area contributed by atoms with Crippen molar-refractivity contribution >= 4 is 34.7 Å². The number of aromatic nitrogens is 1. The SMILES string of the molecule is CC(NC(=O)C1C=C2c3c(F)ccc4[nH]cc(c34)CC2N(C)C1)OC1(O)C2CCCN2C(=O)C(Cc2ccccc2)N1C=O. The summed E-state index contributed by atoms with van der Waals surface area (Å²) in [5.74, 6) is -3.65. The van der Waals surface area contributed by atoms with E-state index in [0.29, 0.717) is 44.3 Å². The molecule has 4 aliphatic rings. The number of amides is 3. The Morgan fingerprint density at radius 2 is 2.07 bits per heavy atom. The molecule has 0 saturated carbocycles. The van der Waals surface area contributed by atoms with Crippen molar-refractivity contribution in [3.63, 3.8) is 0 Å². The number of rotatable bonds is 7. The molecule has 3 aliphatic heterocycles. The molecule has 0 radical (unpaired) electrons. The van der Waals surface area contributed by atoms with Crippen LogP contribution in [0.4, 0.5) is 4.39 Å². The number of nitrogens with zero attached hydrogens (tertiary/aromatic N) is 3. The molecule has 11 heteroatoms. The van der Waals surface area contributed by atoms with Gasteiger partial charge in [0.25, 0.3) is 5.91 Å². The Kier molecular flexibility index (Phi) is 7.06. The van der Waals surface area contributed by atoms with Gasteiger partial charge in [-0.2, -0.15) is 0 Å². The third kappa shape index (κ3) is 4.53. The Balaban J connectivity index is 1.13. The Bertz CT molecular complexity index is 1660. The molecule has 6 atom stereocenters. The summed E-state index contributed by atoms with van der Waals surface area (Å²) in [5, 5.41) is 15.7. The van der Waals surface area contributed by atoms with Gasteiger partial charge in [-0.1, -0.05) is 36.4 Å². The number of carbonyl (C=O) groups is 3. The summed E-state index contributed by atoms with van der Waals surface area (Å²) in [7, 11) is 1.93. The van der Waals surface area contributed by atoms with E-state index in [-0.39, 0.29) is 30.1 Å². The monoisotopic (exact) mass is 601 g/mol. The molecule has 3 amide bonds. The van der Waals surface area contributed by atoms with Crippen molar-refractivity contribution in [2.75, 3.05) is 20.1 Å². The predicted molar refractivity (Wildman–Crippen MR) is 160 cm³/mol. The van der Waals surface area contributed by atoms with Crippen molar-refractivity contribution in [3.05, 3.63) is 77.2 Å². The van der Waals surface area contributed by atoms with Crippen LogP contribution in [0.15, 0.2) is 54.7 Å². The molecule has 4 heterocycles. The number of aliphatic hydroxyl groups is 1. The molecule has 1 aromatic heterocycles. The van der Waals surface area contributed by atoms with Crippen LogP contribution in [-0.4, -0.2) is 93.4 Å². The van der Waals surface area contributed by atoms with Gasteiger partial charge in [0.15, 0.2) is 0 Å². The molecule has 10 nitrogen and oxygen atoms in total. The number of ether oxygens (including phenoxy) is 1. The lowest BCUT2D eigenvalue weighted by Gasteiger charge is -2.52. The van der Waals surface area contributed by atoms with Crippen LogP contribution in [0.1, 0.15) is 36.5 Å². The summed E-state index contributed by atoms with van der Waals surface area (Å²) in [6.45, 7) is 2.46. The Morgan fingerprint density at radius 3 is 2.84 bits per heavy atom. The van der Waals surface area contributed by atoms with Gasteiger partial charge >= 0.3 is 0 Å². The van der Waals surface area contributed by atoms with Crippen LogP contribution in [0.25, 0.3) is 16.5 Å². The fraction of sp³-hybridized carbons (Fsp3) is 0.424. The zero-order valence-electron chi connectivity index (χ0n) is 24.7. The molecule has 0 spiro atoms. The van der Waals surface area contributed by atoms with Gasteiger partial charge < -0.3 is 25.0 Å². The maximum atomic E-state index is 15.2. The molecule has 2 saturated heterocycles. The second-order valence-corrected chi connectivity index (χ2v) is 12.4. The normalized spacial score (nSPS) is 28.8. The highest BCUT2D eigenvalue weighted by Gasteiger charge is 2.59. The Morgan fingerprint density at radius 1 is 1.27 bits per heavy atom. The van der Waals surface area contributed by atoms with Crippen molar-refractivity contribution in [2.45, 2.75) is 62.9 Å². The van der Waals surface area contributed by atoms with Gasteiger partial charge in [-0.25, -0.2) is 4.39 Å². The van der Waals surface area contributed by atoms with Crippen LogP contribution >= 0.6 is 0 Å². The third-order valence-corrected chi connectivity index (χ3v) is 9.71. The molecule has 6 unspecified atom stereocenters. The van der Waals surface area contributed by atoms with E-state index in [1.165, 1.54) is 6.07 Å². The Labute approximate surface area is 254 Å². The van der Waals surface area contributed by atoms with Crippen LogP contribution in [0.5, 0.6) is 0 Å². The average molecular weight is 602 g/mol. The lowest BCUT2D eigenvalue weighted by atomic mass is 9.79. The van der Waals surface area contributed by atoms with Crippen LogP contribution in [0, 0.1) is 11.7 Å². The lowest BCUT2D eigenvalue weighted by molar-refractivity contribution is -0.338. The van der Waals surface area contributed by atoms with E-state index in [0.717, 1.165) is 32.5 Å². The summed E-state index contributed by atoms with van der Waals surface area (Å²) in [6, 6.07) is 10.7. The smallest absolute Gasteiger partial charge is 0.275 e. The molecular formula is C33H36FN5O5. The van der Waals surface area contributed by atoms with E-state index in [4.69, 9.17) is 4.74 Å². The highest BCUT2D eigenvalue weighted by atomic mass is 19.1. The van der Waals surface area contributed by atoms with Gasteiger partial charge in [0.05, 0.1) is 5.92 Å². The second kappa shape index (κ2) is 10.8. The molecule has 0 bridgehead atoms. The van der Waals surface area contributed by atoms with Crippen molar-refractivity contribution in [3.8, 4) is 0 Å².